The largest absolute Gasteiger partial charge is 0.320 e. The van der Waals surface area contributed by atoms with Gasteiger partial charge in [-0.05, 0) is 17.7 Å². The number of nitrogens with one attached hydrogen (secondary N) is 1. The summed E-state index contributed by atoms with van der Waals surface area (Å²) in [7, 11) is -2.21. The van der Waals surface area contributed by atoms with E-state index in [0.29, 0.717) is 0 Å². The summed E-state index contributed by atoms with van der Waals surface area (Å²) in [6, 6.07) is -0.708. The van der Waals surface area contributed by atoms with Crippen molar-refractivity contribution in [1.29, 1.82) is 0 Å². The summed E-state index contributed by atoms with van der Waals surface area (Å²) in [5.41, 5.74) is 8.23. The van der Waals surface area contributed by atoms with Crippen LogP contribution in [0.3, 0.4) is 0 Å². The van der Waals surface area contributed by atoms with Gasteiger partial charge in [0.25, 0.3) is 5.91 Å². The number of thioether (sulfide) groups is 1. The van der Waals surface area contributed by atoms with Crippen LogP contribution in [-0.4, -0.2) is 42.3 Å². The molecule has 2 atom stereocenters. The predicted octanol–water partition coefficient (Wildman–Crippen LogP) is -0.814. The minimum absolute atomic E-state index is 0. The highest BCUT2D eigenvalue weighted by Gasteiger charge is 2.34. The van der Waals surface area contributed by atoms with Crippen LogP contribution in [0.5, 0.6) is 0 Å². The van der Waals surface area contributed by atoms with E-state index in [-0.39, 0.29) is 28.1 Å². The Morgan fingerprint density at radius 3 is 2.42 bits per heavy atom. The Morgan fingerprint density at radius 1 is 1.53 bits per heavy atom. The van der Waals surface area contributed by atoms with E-state index in [9.17, 15) is 13.2 Å². The van der Waals surface area contributed by atoms with E-state index in [1.165, 1.54) is 5.01 Å². The number of aliphatic imine (C=N–C) groups is 1. The third-order valence-corrected chi connectivity index (χ3v) is 5.00. The number of halogens is 1. The molecule has 0 saturated carbocycles. The number of carbonyl (C=O) groups is 1. The molecule has 0 aromatic heterocycles. The lowest BCUT2D eigenvalue weighted by Crippen LogP contribution is -2.41. The molecule has 1 aliphatic rings. The van der Waals surface area contributed by atoms with Crippen molar-refractivity contribution in [3.8, 4) is 0 Å². The number of amides is 1. The molecule has 19 heavy (non-hydrogen) atoms. The van der Waals surface area contributed by atoms with Crippen LogP contribution in [0.25, 0.3) is 0 Å². The molecule has 5 N–H and O–H groups in total. The normalized spacial score (nSPS) is 23.6. The number of carbonyl (C=O) groups excluding carboxylic acids is 1. The zero-order chi connectivity index (χ0) is 14.1. The summed E-state index contributed by atoms with van der Waals surface area (Å²) in [5, 5.41) is 6.57. The molecule has 1 aliphatic heterocycles. The Bertz CT molecular complexity index is 467. The number of nitrogens with zero attached hydrogens (tertiary/aromatic N) is 2. The lowest BCUT2D eigenvalue weighted by atomic mass is 10.1. The quantitative estimate of drug-likeness (QED) is 0.587. The van der Waals surface area contributed by atoms with Crippen molar-refractivity contribution in [2.24, 2.45) is 21.8 Å². The monoisotopic (exact) mass is 375 g/mol. The maximum atomic E-state index is 11.7. The lowest BCUT2D eigenvalue weighted by molar-refractivity contribution is -0.119. The van der Waals surface area contributed by atoms with Gasteiger partial charge in [0.1, 0.15) is 0 Å². The molecular weight excluding hydrogens is 358 g/mol. The summed E-state index contributed by atoms with van der Waals surface area (Å²) in [5.74, 6) is -0.531. The number of hydrogen-bond donors (Lipinski definition) is 3. The van der Waals surface area contributed by atoms with Gasteiger partial charge in [-0.3, -0.25) is 9.80 Å². The number of amidine groups is 1. The van der Waals surface area contributed by atoms with Crippen LogP contribution in [0.2, 0.25) is 0 Å². The Morgan fingerprint density at radius 2 is 2.05 bits per heavy atom. The van der Waals surface area contributed by atoms with E-state index >= 15 is 0 Å². The van der Waals surface area contributed by atoms with Crippen molar-refractivity contribution in [3.05, 3.63) is 0 Å². The fourth-order valence-electron chi connectivity index (χ4n) is 1.11. The summed E-state index contributed by atoms with van der Waals surface area (Å²) in [6.45, 7) is 3.61. The first kappa shape index (κ1) is 18.8. The average Bonchev–Trinajstić information content (AvgIpc) is 2.58. The topological polar surface area (TPSA) is 131 Å². The molecule has 0 bridgehead atoms. The Labute approximate surface area is 127 Å². The summed E-state index contributed by atoms with van der Waals surface area (Å²) >= 11 is 0.859. The minimum Gasteiger partial charge on any atom is -0.320 e. The molecule has 0 aromatic carbocycles. The first-order valence-corrected chi connectivity index (χ1v) is 7.68. The molecule has 1 heterocycles. The highest BCUT2D eigenvalue weighted by atomic mass is 79.9. The second kappa shape index (κ2) is 6.99. The van der Waals surface area contributed by atoms with Crippen molar-refractivity contribution < 1.29 is 13.2 Å². The van der Waals surface area contributed by atoms with Crippen LogP contribution in [0.15, 0.2) is 4.99 Å². The zero-order valence-corrected chi connectivity index (χ0v) is 14.1. The molecule has 1 rings (SSSR count). The smallest absolute Gasteiger partial charge is 0.265 e. The lowest BCUT2D eigenvalue weighted by Gasteiger charge is -2.13. The van der Waals surface area contributed by atoms with Gasteiger partial charge >= 0.3 is 0 Å². The zero-order valence-electron chi connectivity index (χ0n) is 10.7. The molecule has 112 valence electrons. The molecular formula is C8H18BrN5O3S2. The predicted molar refractivity (Wildman–Crippen MR) is 81.0 cm³/mol. The van der Waals surface area contributed by atoms with E-state index in [1.54, 1.807) is 20.9 Å². The SMILES string of the molecule is Br.CC(C)[C@H](N)C(=O)N=C1SC(S(N)(=O)=O)NN1C. The summed E-state index contributed by atoms with van der Waals surface area (Å²) in [4.78, 5) is 15.5. The third kappa shape index (κ3) is 5.00. The van der Waals surface area contributed by atoms with Gasteiger partial charge in [-0.25, -0.2) is 19.0 Å². The van der Waals surface area contributed by atoms with Gasteiger partial charge in [-0.2, -0.15) is 4.99 Å². The first-order chi connectivity index (χ1) is 8.12. The molecule has 0 spiro atoms. The number of nitrogens with two attached hydrogens (primary N) is 2. The van der Waals surface area contributed by atoms with Gasteiger partial charge in [-0.15, -0.1) is 17.0 Å². The van der Waals surface area contributed by atoms with Crippen molar-refractivity contribution in [3.63, 3.8) is 0 Å². The standard InChI is InChI=1S/C8H17N5O3S2.BrH/c1-4(2)5(9)6(14)11-7-13(3)12-8(17-7)18(10,15)16;/h4-5,8,12H,9H2,1-3H3,(H2,10,15,16);1H/t5-,8?;/m0./s1. The van der Waals surface area contributed by atoms with Gasteiger partial charge in [0.15, 0.2) is 9.87 Å². The van der Waals surface area contributed by atoms with Crippen LogP contribution in [-0.2, 0) is 14.8 Å². The highest BCUT2D eigenvalue weighted by Crippen LogP contribution is 2.23. The van der Waals surface area contributed by atoms with Crippen molar-refractivity contribution >= 4 is 49.8 Å². The van der Waals surface area contributed by atoms with Gasteiger partial charge in [-0.1, -0.05) is 13.8 Å². The number of rotatable bonds is 3. The van der Waals surface area contributed by atoms with E-state index in [2.05, 4.69) is 10.4 Å². The number of primary sulfonamides is 1. The summed E-state index contributed by atoms with van der Waals surface area (Å²) in [6.07, 6.45) is 0. The van der Waals surface area contributed by atoms with E-state index < -0.39 is 26.7 Å². The van der Waals surface area contributed by atoms with Gasteiger partial charge in [0.05, 0.1) is 6.04 Å². The van der Waals surface area contributed by atoms with Crippen LogP contribution in [0.1, 0.15) is 13.8 Å². The summed E-state index contributed by atoms with van der Waals surface area (Å²) < 4.78 is 21.3. The molecule has 0 radical (unpaired) electrons. The van der Waals surface area contributed by atoms with E-state index in [4.69, 9.17) is 10.9 Å². The Kier molecular flexibility index (Phi) is 6.92. The number of hydrazine groups is 1. The molecule has 1 fully saturated rings. The van der Waals surface area contributed by atoms with Crippen molar-refractivity contribution in [2.75, 3.05) is 7.05 Å². The van der Waals surface area contributed by atoms with Gasteiger partial charge in [0.2, 0.25) is 10.0 Å². The van der Waals surface area contributed by atoms with Crippen LogP contribution < -0.4 is 16.3 Å². The third-order valence-electron chi connectivity index (χ3n) is 2.31. The van der Waals surface area contributed by atoms with Gasteiger partial charge in [0, 0.05) is 7.05 Å². The maximum Gasteiger partial charge on any atom is 0.265 e. The molecule has 0 aromatic rings. The van der Waals surface area contributed by atoms with Gasteiger partial charge < -0.3 is 5.73 Å². The second-order valence-corrected chi connectivity index (χ2v) is 7.25. The molecule has 1 amide bonds. The molecule has 11 heteroatoms. The number of sulfonamides is 1. The van der Waals surface area contributed by atoms with Crippen molar-refractivity contribution in [2.45, 2.75) is 24.6 Å². The maximum absolute atomic E-state index is 11.7. The fraction of sp³-hybridized carbons (Fsp3) is 0.750. The van der Waals surface area contributed by atoms with Crippen LogP contribution in [0, 0.1) is 5.92 Å². The fourth-order valence-corrected chi connectivity index (χ4v) is 2.97. The molecule has 1 saturated heterocycles. The average molecular weight is 376 g/mol. The minimum atomic E-state index is -3.75. The Hall–Kier alpha value is -0.200. The van der Waals surface area contributed by atoms with Crippen LogP contribution in [0.4, 0.5) is 0 Å². The highest BCUT2D eigenvalue weighted by molar-refractivity contribution is 8.93. The first-order valence-electron chi connectivity index (χ1n) is 5.19. The second-order valence-electron chi connectivity index (χ2n) is 4.23. The van der Waals surface area contributed by atoms with E-state index in [1.807, 2.05) is 0 Å². The molecule has 0 aliphatic carbocycles. The molecule has 1 unspecified atom stereocenters. The number of hydrogen-bond acceptors (Lipinski definition) is 6. The molecule has 8 nitrogen and oxygen atoms in total. The van der Waals surface area contributed by atoms with Crippen LogP contribution >= 0.6 is 28.7 Å². The van der Waals surface area contributed by atoms with E-state index in [0.717, 1.165) is 11.8 Å². The van der Waals surface area contributed by atoms with Crippen molar-refractivity contribution in [1.82, 2.24) is 10.4 Å². The Balaban J connectivity index is 0.00000324.